The number of aromatic nitrogens is 4. The number of amides is 4. The minimum Gasteiger partial charge on any atom is -0.453 e. The Kier molecular flexibility index (Phi) is 10.4. The van der Waals surface area contributed by atoms with Gasteiger partial charge in [-0.1, -0.05) is 75.7 Å². The summed E-state index contributed by atoms with van der Waals surface area (Å²) in [5, 5.41) is 8.23. The van der Waals surface area contributed by atoms with Crippen LogP contribution in [0.5, 0.6) is 0 Å². The summed E-state index contributed by atoms with van der Waals surface area (Å²) < 4.78 is 4.73. The van der Waals surface area contributed by atoms with Crippen molar-refractivity contribution in [2.24, 2.45) is 5.92 Å². The normalized spacial score (nSPS) is 15.1. The molecule has 4 aromatic rings. The number of carbonyl (C=O) groups excluding carboxylic acids is 3. The summed E-state index contributed by atoms with van der Waals surface area (Å²) in [7, 11) is 1.29. The zero-order valence-electron chi connectivity index (χ0n) is 26.7. The molecule has 2 atom stereocenters. The second kappa shape index (κ2) is 14.8. The maximum Gasteiger partial charge on any atom is 0.407 e. The van der Waals surface area contributed by atoms with Gasteiger partial charge >= 0.3 is 12.1 Å². The number of hydrogen-bond acceptors (Lipinski definition) is 6. The average Bonchev–Trinajstić information content (AvgIpc) is 3.85. The third-order valence-electron chi connectivity index (χ3n) is 8.19. The fraction of sp³-hybridized carbons (Fsp3) is 0.382. The molecule has 0 bridgehead atoms. The first kappa shape index (κ1) is 32.3. The molecule has 5 N–H and O–H groups in total. The van der Waals surface area contributed by atoms with Crippen LogP contribution in [-0.4, -0.2) is 69.1 Å². The lowest BCUT2D eigenvalue weighted by molar-refractivity contribution is -0.135. The number of nitrogens with zero attached hydrogens (tertiary/aromatic N) is 3. The van der Waals surface area contributed by atoms with Gasteiger partial charge in [-0.3, -0.25) is 10.1 Å². The van der Waals surface area contributed by atoms with Gasteiger partial charge in [-0.15, -0.1) is 0 Å². The van der Waals surface area contributed by atoms with Crippen molar-refractivity contribution in [1.29, 1.82) is 0 Å². The molecule has 1 saturated heterocycles. The Hall–Kier alpha value is -5.13. The number of benzene rings is 2. The molecule has 12 heteroatoms. The molecule has 3 heterocycles. The molecule has 0 radical (unpaired) electrons. The summed E-state index contributed by atoms with van der Waals surface area (Å²) in [6, 6.07) is 15.2. The molecule has 4 amide bonds. The van der Waals surface area contributed by atoms with Crippen LogP contribution in [0.3, 0.4) is 0 Å². The van der Waals surface area contributed by atoms with E-state index in [0.717, 1.165) is 65.1 Å². The highest BCUT2D eigenvalue weighted by Crippen LogP contribution is 2.33. The number of hydrogen-bond donors (Lipinski definition) is 5. The zero-order chi connectivity index (χ0) is 32.6. The Morgan fingerprint density at radius 3 is 2.15 bits per heavy atom. The van der Waals surface area contributed by atoms with E-state index < -0.39 is 12.1 Å². The second-order valence-electron chi connectivity index (χ2n) is 11.8. The molecular formula is C34H42N8O4. The van der Waals surface area contributed by atoms with Gasteiger partial charge in [-0.05, 0) is 47.4 Å². The SMILES string of the molecule is CCCCNC(=O)Nc1ncc(-c2ccc(-c3ccc(-c4cnc(C5CCCN5C(=O)C(NC(=O)OC)C(C)C)[nH]4)cc3)cc2)[nH]1. The van der Waals surface area contributed by atoms with Crippen molar-refractivity contribution in [3.05, 3.63) is 66.7 Å². The fourth-order valence-corrected chi connectivity index (χ4v) is 5.59. The number of alkyl carbamates (subject to hydrolysis) is 1. The number of anilines is 1. The van der Waals surface area contributed by atoms with Gasteiger partial charge in [0.15, 0.2) is 0 Å². The minimum absolute atomic E-state index is 0.0926. The number of aromatic amines is 2. The van der Waals surface area contributed by atoms with Crippen LogP contribution in [0.1, 0.15) is 58.3 Å². The molecule has 2 aromatic carbocycles. The first-order valence-electron chi connectivity index (χ1n) is 15.8. The molecule has 2 aromatic heterocycles. The highest BCUT2D eigenvalue weighted by Gasteiger charge is 2.37. The zero-order valence-corrected chi connectivity index (χ0v) is 26.7. The monoisotopic (exact) mass is 626 g/mol. The van der Waals surface area contributed by atoms with E-state index >= 15 is 0 Å². The topological polar surface area (TPSA) is 157 Å². The lowest BCUT2D eigenvalue weighted by Gasteiger charge is -2.30. The molecular weight excluding hydrogens is 584 g/mol. The van der Waals surface area contributed by atoms with Crippen LogP contribution >= 0.6 is 0 Å². The Balaban J connectivity index is 1.22. The van der Waals surface area contributed by atoms with Crippen LogP contribution < -0.4 is 16.0 Å². The molecule has 1 aliphatic rings. The highest BCUT2D eigenvalue weighted by molar-refractivity contribution is 5.88. The first-order chi connectivity index (χ1) is 22.3. The van der Waals surface area contributed by atoms with Gasteiger partial charge < -0.3 is 30.2 Å². The summed E-state index contributed by atoms with van der Waals surface area (Å²) >= 11 is 0. The summed E-state index contributed by atoms with van der Waals surface area (Å²) in [6.07, 6.45) is 6.48. The van der Waals surface area contributed by atoms with E-state index in [4.69, 9.17) is 4.74 Å². The van der Waals surface area contributed by atoms with Crippen molar-refractivity contribution in [2.45, 2.75) is 58.5 Å². The van der Waals surface area contributed by atoms with Crippen LogP contribution in [0, 0.1) is 5.92 Å². The predicted molar refractivity (Wildman–Crippen MR) is 177 cm³/mol. The molecule has 1 aliphatic heterocycles. The molecule has 0 saturated carbocycles. The van der Waals surface area contributed by atoms with Crippen LogP contribution in [0.15, 0.2) is 60.9 Å². The lowest BCUT2D eigenvalue weighted by Crippen LogP contribution is -2.51. The van der Waals surface area contributed by atoms with Crippen molar-refractivity contribution in [3.63, 3.8) is 0 Å². The minimum atomic E-state index is -0.675. The first-order valence-corrected chi connectivity index (χ1v) is 15.8. The van der Waals surface area contributed by atoms with Crippen molar-refractivity contribution in [2.75, 3.05) is 25.5 Å². The number of rotatable bonds is 11. The van der Waals surface area contributed by atoms with Gasteiger partial charge in [-0.2, -0.15) is 0 Å². The van der Waals surface area contributed by atoms with Crippen LogP contribution in [0.25, 0.3) is 33.6 Å². The van der Waals surface area contributed by atoms with E-state index in [-0.39, 0.29) is 23.9 Å². The van der Waals surface area contributed by atoms with Gasteiger partial charge in [0.1, 0.15) is 11.9 Å². The molecule has 0 aliphatic carbocycles. The smallest absolute Gasteiger partial charge is 0.407 e. The molecule has 2 unspecified atom stereocenters. The predicted octanol–water partition coefficient (Wildman–Crippen LogP) is 6.10. The van der Waals surface area contributed by atoms with E-state index in [9.17, 15) is 14.4 Å². The Bertz CT molecular complexity index is 1630. The maximum atomic E-state index is 13.4. The molecule has 46 heavy (non-hydrogen) atoms. The fourth-order valence-electron chi connectivity index (χ4n) is 5.59. The number of ether oxygens (including phenoxy) is 1. The standard InChI is InChI=1S/C34H42N8O4/c1-5-6-17-35-33(44)41-32-37-20-27(39-32)25-15-11-23(12-16-25)22-9-13-24(14-10-22)26-19-36-30(38-26)28-8-7-18-42(28)31(43)29(21(2)3)40-34(45)46-4/h9-16,19-21,28-29H,5-8,17-18H2,1-4H3,(H,36,38)(H,40,45)(H3,35,37,39,41,44). The summed E-state index contributed by atoms with van der Waals surface area (Å²) in [5.74, 6) is 0.902. The summed E-state index contributed by atoms with van der Waals surface area (Å²) in [4.78, 5) is 54.6. The van der Waals surface area contributed by atoms with E-state index in [0.29, 0.717) is 19.0 Å². The molecule has 5 rings (SSSR count). The van der Waals surface area contributed by atoms with Gasteiger partial charge in [0.25, 0.3) is 0 Å². The second-order valence-corrected chi connectivity index (χ2v) is 11.8. The van der Waals surface area contributed by atoms with E-state index in [2.05, 4.69) is 67.1 Å². The summed E-state index contributed by atoms with van der Waals surface area (Å²) in [5.41, 5.74) is 5.75. The molecule has 1 fully saturated rings. The molecule has 12 nitrogen and oxygen atoms in total. The van der Waals surface area contributed by atoms with E-state index in [1.807, 2.05) is 43.0 Å². The number of unbranched alkanes of at least 4 members (excludes halogenated alkanes) is 1. The lowest BCUT2D eigenvalue weighted by atomic mass is 10.0. The van der Waals surface area contributed by atoms with Crippen molar-refractivity contribution in [1.82, 2.24) is 35.5 Å². The quantitative estimate of drug-likeness (QED) is 0.127. The Morgan fingerprint density at radius 1 is 0.935 bits per heavy atom. The van der Waals surface area contributed by atoms with Crippen LogP contribution in [0.4, 0.5) is 15.5 Å². The molecule has 242 valence electrons. The number of likely N-dealkylation sites (tertiary alicyclic amines) is 1. The van der Waals surface area contributed by atoms with E-state index in [1.54, 1.807) is 12.4 Å². The Morgan fingerprint density at radius 2 is 1.54 bits per heavy atom. The van der Waals surface area contributed by atoms with E-state index in [1.165, 1.54) is 7.11 Å². The number of urea groups is 1. The highest BCUT2D eigenvalue weighted by atomic mass is 16.5. The van der Waals surface area contributed by atoms with Crippen LogP contribution in [0.2, 0.25) is 0 Å². The third-order valence-corrected chi connectivity index (χ3v) is 8.19. The van der Waals surface area contributed by atoms with Crippen molar-refractivity contribution in [3.8, 4) is 33.6 Å². The largest absolute Gasteiger partial charge is 0.453 e. The number of H-pyrrole nitrogens is 2. The van der Waals surface area contributed by atoms with Gasteiger partial charge in [0.05, 0.1) is 36.9 Å². The van der Waals surface area contributed by atoms with Gasteiger partial charge in [0, 0.05) is 13.1 Å². The van der Waals surface area contributed by atoms with Crippen molar-refractivity contribution < 1.29 is 19.1 Å². The third kappa shape index (κ3) is 7.56. The summed E-state index contributed by atoms with van der Waals surface area (Å²) in [6.45, 7) is 7.11. The van der Waals surface area contributed by atoms with Gasteiger partial charge in [0.2, 0.25) is 11.9 Å². The number of carbonyl (C=O) groups is 3. The molecule has 0 spiro atoms. The van der Waals surface area contributed by atoms with Gasteiger partial charge in [-0.25, -0.2) is 19.6 Å². The van der Waals surface area contributed by atoms with Crippen molar-refractivity contribution >= 4 is 24.0 Å². The number of methoxy groups -OCH3 is 1. The Labute approximate surface area is 268 Å². The maximum absolute atomic E-state index is 13.4. The number of nitrogens with one attached hydrogen (secondary N) is 5. The van der Waals surface area contributed by atoms with Crippen LogP contribution in [-0.2, 0) is 9.53 Å². The average molecular weight is 627 g/mol. The number of imidazole rings is 2.